The Balaban J connectivity index is 1.41. The predicted molar refractivity (Wildman–Crippen MR) is 92.3 cm³/mol. The number of aliphatic imine (C=N–C) groups is 1. The molecular formula is C19H26FN3O. The van der Waals surface area contributed by atoms with E-state index in [2.05, 4.69) is 15.6 Å². The van der Waals surface area contributed by atoms with E-state index in [1.807, 2.05) is 6.07 Å². The molecule has 0 amide bonds. The van der Waals surface area contributed by atoms with Crippen LogP contribution in [0.1, 0.15) is 37.7 Å². The highest BCUT2D eigenvalue weighted by Gasteiger charge is 2.65. The largest absolute Gasteiger partial charge is 0.377 e. The monoisotopic (exact) mass is 331 g/mol. The summed E-state index contributed by atoms with van der Waals surface area (Å²) in [6.07, 6.45) is 6.71. The molecule has 2 N–H and O–H groups in total. The van der Waals surface area contributed by atoms with Crippen molar-refractivity contribution in [3.05, 3.63) is 35.6 Å². The number of halogens is 1. The molecule has 1 aliphatic heterocycles. The number of rotatable bonds is 3. The lowest BCUT2D eigenvalue weighted by Crippen LogP contribution is -2.69. The van der Waals surface area contributed by atoms with Gasteiger partial charge in [-0.1, -0.05) is 25.0 Å². The molecular weight excluding hydrogens is 305 g/mol. The van der Waals surface area contributed by atoms with Crippen LogP contribution in [-0.4, -0.2) is 31.8 Å². The summed E-state index contributed by atoms with van der Waals surface area (Å²) in [5.74, 6) is 1.21. The molecule has 3 fully saturated rings. The lowest BCUT2D eigenvalue weighted by molar-refractivity contribution is -0.125. The molecule has 3 atom stereocenters. The molecule has 0 bridgehead atoms. The van der Waals surface area contributed by atoms with E-state index in [0.717, 1.165) is 24.6 Å². The zero-order valence-electron chi connectivity index (χ0n) is 14.2. The molecule has 1 aromatic rings. The Morgan fingerprint density at radius 3 is 2.96 bits per heavy atom. The fraction of sp³-hybridized carbons (Fsp3) is 0.632. The highest BCUT2D eigenvalue weighted by molar-refractivity contribution is 5.80. The van der Waals surface area contributed by atoms with Crippen molar-refractivity contribution in [1.82, 2.24) is 10.6 Å². The van der Waals surface area contributed by atoms with Crippen molar-refractivity contribution in [3.63, 3.8) is 0 Å². The first-order chi connectivity index (χ1) is 11.7. The van der Waals surface area contributed by atoms with Gasteiger partial charge in [0.1, 0.15) is 5.82 Å². The van der Waals surface area contributed by atoms with Crippen molar-refractivity contribution < 1.29 is 9.13 Å². The van der Waals surface area contributed by atoms with Crippen LogP contribution in [0.3, 0.4) is 0 Å². The van der Waals surface area contributed by atoms with Gasteiger partial charge in [-0.25, -0.2) is 4.39 Å². The van der Waals surface area contributed by atoms with Crippen LogP contribution in [0.2, 0.25) is 0 Å². The molecule has 0 aromatic heterocycles. The van der Waals surface area contributed by atoms with Gasteiger partial charge in [0.05, 0.1) is 6.10 Å². The average molecular weight is 331 g/mol. The van der Waals surface area contributed by atoms with Gasteiger partial charge in [-0.3, -0.25) is 4.99 Å². The maximum Gasteiger partial charge on any atom is 0.191 e. The minimum Gasteiger partial charge on any atom is -0.377 e. The SMILES string of the molecule is CN=C(NCc1cccc(F)c1)NC1C2CCOC2C12CCCC2. The molecule has 2 saturated carbocycles. The first-order valence-electron chi connectivity index (χ1n) is 9.06. The lowest BCUT2D eigenvalue weighted by Gasteiger charge is -2.57. The van der Waals surface area contributed by atoms with Gasteiger partial charge in [-0.15, -0.1) is 0 Å². The van der Waals surface area contributed by atoms with Crippen LogP contribution >= 0.6 is 0 Å². The molecule has 130 valence electrons. The average Bonchev–Trinajstić information content (AvgIpc) is 3.23. The topological polar surface area (TPSA) is 45.7 Å². The van der Waals surface area contributed by atoms with Crippen molar-refractivity contribution in [2.75, 3.05) is 13.7 Å². The van der Waals surface area contributed by atoms with Crippen LogP contribution < -0.4 is 10.6 Å². The van der Waals surface area contributed by atoms with Crippen LogP contribution in [0.25, 0.3) is 0 Å². The summed E-state index contributed by atoms with van der Waals surface area (Å²) in [5, 5.41) is 6.99. The van der Waals surface area contributed by atoms with Gasteiger partial charge < -0.3 is 15.4 Å². The van der Waals surface area contributed by atoms with Gasteiger partial charge in [-0.2, -0.15) is 0 Å². The van der Waals surface area contributed by atoms with E-state index < -0.39 is 0 Å². The molecule has 1 heterocycles. The molecule has 4 nitrogen and oxygen atoms in total. The molecule has 24 heavy (non-hydrogen) atoms. The number of hydrogen-bond donors (Lipinski definition) is 2. The highest BCUT2D eigenvalue weighted by atomic mass is 19.1. The van der Waals surface area contributed by atoms with Gasteiger partial charge in [0.2, 0.25) is 0 Å². The predicted octanol–water partition coefficient (Wildman–Crippen LogP) is 2.84. The van der Waals surface area contributed by atoms with Crippen LogP contribution in [0, 0.1) is 17.2 Å². The normalized spacial score (nSPS) is 30.9. The molecule has 1 aromatic carbocycles. The van der Waals surface area contributed by atoms with Crippen molar-refractivity contribution in [2.24, 2.45) is 16.3 Å². The van der Waals surface area contributed by atoms with E-state index in [1.54, 1.807) is 19.2 Å². The Labute approximate surface area is 142 Å². The second kappa shape index (κ2) is 6.36. The Hall–Kier alpha value is -1.62. The van der Waals surface area contributed by atoms with E-state index in [-0.39, 0.29) is 5.82 Å². The van der Waals surface area contributed by atoms with Crippen LogP contribution in [0.15, 0.2) is 29.3 Å². The second-order valence-corrected chi connectivity index (χ2v) is 7.36. The molecule has 4 rings (SSSR count). The van der Waals surface area contributed by atoms with E-state index in [4.69, 9.17) is 4.74 Å². The number of nitrogens with one attached hydrogen (secondary N) is 2. The van der Waals surface area contributed by atoms with Crippen LogP contribution in [0.5, 0.6) is 0 Å². The third kappa shape index (κ3) is 2.59. The third-order valence-corrected chi connectivity index (χ3v) is 6.15. The van der Waals surface area contributed by atoms with E-state index in [9.17, 15) is 4.39 Å². The van der Waals surface area contributed by atoms with Crippen molar-refractivity contribution in [3.8, 4) is 0 Å². The standard InChI is InChI=1S/C19H26FN3O/c1-21-18(22-12-13-5-4-6-14(20)11-13)23-16-15-7-10-24-17(15)19(16)8-2-3-9-19/h4-6,11,15-17H,2-3,7-10,12H2,1H3,(H2,21,22,23). The van der Waals surface area contributed by atoms with Gasteiger partial charge >= 0.3 is 0 Å². The third-order valence-electron chi connectivity index (χ3n) is 6.15. The second-order valence-electron chi connectivity index (χ2n) is 7.36. The van der Waals surface area contributed by atoms with Crippen molar-refractivity contribution in [2.45, 2.75) is 50.8 Å². The first-order valence-corrected chi connectivity index (χ1v) is 9.06. The zero-order chi connectivity index (χ0) is 16.6. The molecule has 1 spiro atoms. The number of ether oxygens (including phenoxy) is 1. The fourth-order valence-electron chi connectivity index (χ4n) is 5.08. The van der Waals surface area contributed by atoms with Gasteiger partial charge in [0, 0.05) is 37.6 Å². The summed E-state index contributed by atoms with van der Waals surface area (Å²) in [6.45, 7) is 1.46. The number of nitrogens with zero attached hydrogens (tertiary/aromatic N) is 1. The minimum absolute atomic E-state index is 0.202. The maximum atomic E-state index is 13.3. The van der Waals surface area contributed by atoms with Gasteiger partial charge in [0.15, 0.2) is 5.96 Å². The summed E-state index contributed by atoms with van der Waals surface area (Å²) < 4.78 is 19.3. The Kier molecular flexibility index (Phi) is 4.21. The van der Waals surface area contributed by atoms with E-state index in [1.165, 1.54) is 31.7 Å². The number of benzene rings is 1. The molecule has 5 heteroatoms. The summed E-state index contributed by atoms with van der Waals surface area (Å²) in [5.41, 5.74) is 1.22. The number of fused-ring (bicyclic) bond motifs is 2. The van der Waals surface area contributed by atoms with E-state index >= 15 is 0 Å². The van der Waals surface area contributed by atoms with Crippen LogP contribution in [-0.2, 0) is 11.3 Å². The summed E-state index contributed by atoms with van der Waals surface area (Å²) in [4.78, 5) is 4.38. The van der Waals surface area contributed by atoms with Crippen LogP contribution in [0.4, 0.5) is 4.39 Å². The van der Waals surface area contributed by atoms with Crippen molar-refractivity contribution in [1.29, 1.82) is 0 Å². The van der Waals surface area contributed by atoms with Gasteiger partial charge in [-0.05, 0) is 37.0 Å². The number of hydrogen-bond acceptors (Lipinski definition) is 2. The Morgan fingerprint density at radius 2 is 2.21 bits per heavy atom. The number of guanidine groups is 1. The first kappa shape index (κ1) is 15.9. The molecule has 3 aliphatic rings. The van der Waals surface area contributed by atoms with Crippen molar-refractivity contribution >= 4 is 5.96 Å². The van der Waals surface area contributed by atoms with Gasteiger partial charge in [0.25, 0.3) is 0 Å². The summed E-state index contributed by atoms with van der Waals surface area (Å²) >= 11 is 0. The summed E-state index contributed by atoms with van der Waals surface area (Å²) in [7, 11) is 1.80. The highest BCUT2D eigenvalue weighted by Crippen LogP contribution is 2.60. The Morgan fingerprint density at radius 1 is 1.38 bits per heavy atom. The smallest absolute Gasteiger partial charge is 0.191 e. The lowest BCUT2D eigenvalue weighted by atomic mass is 9.54. The molecule has 0 radical (unpaired) electrons. The maximum absolute atomic E-state index is 13.3. The fourth-order valence-corrected chi connectivity index (χ4v) is 5.08. The summed E-state index contributed by atoms with van der Waals surface area (Å²) in [6, 6.07) is 7.14. The zero-order valence-corrected chi connectivity index (χ0v) is 14.2. The quantitative estimate of drug-likeness (QED) is 0.661. The molecule has 1 saturated heterocycles. The van der Waals surface area contributed by atoms with E-state index in [0.29, 0.717) is 30.0 Å². The minimum atomic E-state index is -0.202. The molecule has 2 aliphatic carbocycles. The Bertz CT molecular complexity index is 627. The molecule has 3 unspecified atom stereocenters.